The molecule has 0 aliphatic heterocycles. The van der Waals surface area contributed by atoms with Crippen LogP contribution in [0, 0.1) is 6.92 Å². The van der Waals surface area contributed by atoms with Gasteiger partial charge in [-0.2, -0.15) is 0 Å². The quantitative estimate of drug-likeness (QED) is 0.385. The molecule has 0 spiro atoms. The Labute approximate surface area is 185 Å². The molecule has 3 aromatic rings. The largest absolute Gasteiger partial charge is 0.507 e. The summed E-state index contributed by atoms with van der Waals surface area (Å²) in [5.74, 6) is 0.865. The summed E-state index contributed by atoms with van der Waals surface area (Å²) in [4.78, 5) is 18.3. The highest BCUT2D eigenvalue weighted by molar-refractivity contribution is 5.69. The third kappa shape index (κ3) is 6.06. The number of hydrogen-bond acceptors (Lipinski definition) is 3. The van der Waals surface area contributed by atoms with Crippen molar-refractivity contribution in [1.29, 1.82) is 0 Å². The highest BCUT2D eigenvalue weighted by atomic mass is 16.3. The molecular weight excluding hydrogens is 384 g/mol. The lowest BCUT2D eigenvalue weighted by molar-refractivity contribution is 0.476. The third-order valence-corrected chi connectivity index (χ3v) is 5.85. The van der Waals surface area contributed by atoms with E-state index in [9.17, 15) is 9.90 Å². The molecule has 0 saturated carbocycles. The summed E-state index contributed by atoms with van der Waals surface area (Å²) in [5, 5.41) is 10.4. The Morgan fingerprint density at radius 3 is 2.29 bits per heavy atom. The Balaban J connectivity index is 1.89. The number of rotatable bonds is 11. The van der Waals surface area contributed by atoms with Gasteiger partial charge in [0.2, 0.25) is 0 Å². The molecule has 0 radical (unpaired) electrons. The van der Waals surface area contributed by atoms with Crippen molar-refractivity contribution in [3.63, 3.8) is 0 Å². The lowest BCUT2D eigenvalue weighted by Gasteiger charge is -2.16. The molecule has 0 fully saturated rings. The van der Waals surface area contributed by atoms with Gasteiger partial charge in [-0.15, -0.1) is 0 Å². The van der Waals surface area contributed by atoms with Crippen molar-refractivity contribution in [1.82, 2.24) is 9.55 Å². The highest BCUT2D eigenvalue weighted by Gasteiger charge is 2.18. The fourth-order valence-electron chi connectivity index (χ4n) is 4.05. The number of unbranched alkanes of at least 4 members (excludes halogenated alkanes) is 5. The zero-order chi connectivity index (χ0) is 22.1. The van der Waals surface area contributed by atoms with Gasteiger partial charge in [-0.3, -0.25) is 9.36 Å². The highest BCUT2D eigenvalue weighted by Crippen LogP contribution is 2.29. The van der Waals surface area contributed by atoms with E-state index in [4.69, 9.17) is 4.98 Å². The van der Waals surface area contributed by atoms with Crippen molar-refractivity contribution in [2.75, 3.05) is 0 Å². The molecule has 4 heteroatoms. The molecule has 31 heavy (non-hydrogen) atoms. The van der Waals surface area contributed by atoms with Crippen LogP contribution >= 0.6 is 0 Å². The Hall–Kier alpha value is -2.88. The van der Waals surface area contributed by atoms with Crippen LogP contribution in [0.2, 0.25) is 0 Å². The Morgan fingerprint density at radius 2 is 1.55 bits per heavy atom. The number of para-hydroxylation sites is 1. The standard InChI is InChI=1S/C27H34N2O2/c1-3-4-5-6-7-13-20-29-21(2)28-26(23-16-11-12-17-25(23)30)24(27(29)31)19-18-22-14-9-8-10-15-22/h8-12,14-17,30H,3-7,13,18-20H2,1-2H3. The lowest BCUT2D eigenvalue weighted by Crippen LogP contribution is -2.28. The Morgan fingerprint density at radius 1 is 0.871 bits per heavy atom. The normalized spacial score (nSPS) is 11.0. The van der Waals surface area contributed by atoms with E-state index in [0.717, 1.165) is 19.3 Å². The molecule has 164 valence electrons. The lowest BCUT2D eigenvalue weighted by atomic mass is 9.99. The number of hydrogen-bond donors (Lipinski definition) is 1. The first-order valence-electron chi connectivity index (χ1n) is 11.5. The van der Waals surface area contributed by atoms with Crippen LogP contribution in [0.4, 0.5) is 0 Å². The van der Waals surface area contributed by atoms with Gasteiger partial charge in [0.25, 0.3) is 5.56 Å². The average Bonchev–Trinajstić information content (AvgIpc) is 2.78. The van der Waals surface area contributed by atoms with Gasteiger partial charge in [0.1, 0.15) is 11.6 Å². The van der Waals surface area contributed by atoms with Gasteiger partial charge in [0.05, 0.1) is 5.69 Å². The maximum Gasteiger partial charge on any atom is 0.257 e. The average molecular weight is 419 g/mol. The predicted octanol–water partition coefficient (Wildman–Crippen LogP) is 6.07. The van der Waals surface area contributed by atoms with Crippen LogP contribution in [0.1, 0.15) is 62.4 Å². The molecular formula is C27H34N2O2. The van der Waals surface area contributed by atoms with Crippen LogP contribution in [0.3, 0.4) is 0 Å². The molecule has 1 heterocycles. The van der Waals surface area contributed by atoms with Gasteiger partial charge >= 0.3 is 0 Å². The van der Waals surface area contributed by atoms with Gasteiger partial charge in [-0.25, -0.2) is 4.98 Å². The van der Waals surface area contributed by atoms with Crippen LogP contribution in [0.15, 0.2) is 59.4 Å². The molecule has 0 aliphatic rings. The van der Waals surface area contributed by atoms with Crippen molar-refractivity contribution < 1.29 is 5.11 Å². The summed E-state index contributed by atoms with van der Waals surface area (Å²) < 4.78 is 1.82. The summed E-state index contributed by atoms with van der Waals surface area (Å²) in [6, 6.07) is 17.3. The van der Waals surface area contributed by atoms with Crippen LogP contribution in [0.25, 0.3) is 11.3 Å². The first kappa shape index (κ1) is 22.8. The van der Waals surface area contributed by atoms with Gasteiger partial charge in [0.15, 0.2) is 0 Å². The molecule has 0 atom stereocenters. The van der Waals surface area contributed by atoms with Crippen LogP contribution < -0.4 is 5.56 Å². The zero-order valence-electron chi connectivity index (χ0n) is 18.8. The van der Waals surface area contributed by atoms with Gasteiger partial charge in [-0.1, -0.05) is 81.5 Å². The molecule has 1 N–H and O–H groups in total. The first-order valence-corrected chi connectivity index (χ1v) is 11.5. The second-order valence-electron chi connectivity index (χ2n) is 8.21. The van der Waals surface area contributed by atoms with Crippen molar-refractivity contribution in [2.24, 2.45) is 0 Å². The Bertz CT molecular complexity index is 1030. The van der Waals surface area contributed by atoms with E-state index in [2.05, 4.69) is 19.1 Å². The summed E-state index contributed by atoms with van der Waals surface area (Å²) in [7, 11) is 0. The SMILES string of the molecule is CCCCCCCCn1c(C)nc(-c2ccccc2O)c(CCc2ccccc2)c1=O. The number of phenols is 1. The minimum absolute atomic E-state index is 0.0234. The van der Waals surface area contributed by atoms with Gasteiger partial charge in [0, 0.05) is 17.7 Å². The molecule has 0 amide bonds. The van der Waals surface area contributed by atoms with E-state index < -0.39 is 0 Å². The van der Waals surface area contributed by atoms with E-state index in [-0.39, 0.29) is 11.3 Å². The fraction of sp³-hybridized carbons (Fsp3) is 0.407. The first-order chi connectivity index (χ1) is 15.1. The number of phenolic OH excluding ortho intramolecular Hbond substituents is 1. The van der Waals surface area contributed by atoms with E-state index in [1.807, 2.05) is 41.8 Å². The zero-order valence-corrected chi connectivity index (χ0v) is 18.8. The molecule has 2 aromatic carbocycles. The number of nitrogens with zero attached hydrogens (tertiary/aromatic N) is 2. The third-order valence-electron chi connectivity index (χ3n) is 5.85. The van der Waals surface area contributed by atoms with Crippen molar-refractivity contribution >= 4 is 0 Å². The molecule has 0 unspecified atom stereocenters. The Kier molecular flexibility index (Phi) is 8.45. The summed E-state index contributed by atoms with van der Waals surface area (Å²) in [6.07, 6.45) is 8.46. The monoisotopic (exact) mass is 418 g/mol. The smallest absolute Gasteiger partial charge is 0.257 e. The number of aromatic nitrogens is 2. The van der Waals surface area contributed by atoms with Crippen LogP contribution in [-0.4, -0.2) is 14.7 Å². The number of benzene rings is 2. The van der Waals surface area contributed by atoms with E-state index in [0.29, 0.717) is 35.6 Å². The summed E-state index contributed by atoms with van der Waals surface area (Å²) in [5.41, 5.74) is 3.12. The number of aryl methyl sites for hydroxylation is 2. The fourth-order valence-corrected chi connectivity index (χ4v) is 4.05. The van der Waals surface area contributed by atoms with Crippen molar-refractivity contribution in [2.45, 2.75) is 71.8 Å². The molecule has 4 nitrogen and oxygen atoms in total. The number of aromatic hydroxyl groups is 1. The molecule has 0 aliphatic carbocycles. The minimum atomic E-state index is 0.0234. The van der Waals surface area contributed by atoms with Gasteiger partial charge in [-0.05, 0) is 43.9 Å². The minimum Gasteiger partial charge on any atom is -0.507 e. The van der Waals surface area contributed by atoms with Crippen molar-refractivity contribution in [3.05, 3.63) is 81.9 Å². The molecule has 1 aromatic heterocycles. The molecule has 0 saturated heterocycles. The van der Waals surface area contributed by atoms with E-state index in [1.165, 1.54) is 31.2 Å². The van der Waals surface area contributed by atoms with Gasteiger partial charge < -0.3 is 5.11 Å². The predicted molar refractivity (Wildman–Crippen MR) is 128 cm³/mol. The molecule has 3 rings (SSSR count). The van der Waals surface area contributed by atoms with Crippen molar-refractivity contribution in [3.8, 4) is 17.0 Å². The summed E-state index contributed by atoms with van der Waals surface area (Å²) in [6.45, 7) is 4.81. The second-order valence-corrected chi connectivity index (χ2v) is 8.21. The van der Waals surface area contributed by atoms with E-state index in [1.54, 1.807) is 12.1 Å². The van der Waals surface area contributed by atoms with Crippen LogP contribution in [-0.2, 0) is 19.4 Å². The summed E-state index contributed by atoms with van der Waals surface area (Å²) >= 11 is 0. The second kappa shape index (κ2) is 11.5. The topological polar surface area (TPSA) is 55.1 Å². The van der Waals surface area contributed by atoms with Crippen LogP contribution in [0.5, 0.6) is 5.75 Å². The van der Waals surface area contributed by atoms with E-state index >= 15 is 0 Å². The maximum atomic E-state index is 13.5. The maximum absolute atomic E-state index is 13.5. The molecule has 0 bridgehead atoms.